The number of hydrogen-bond donors (Lipinski definition) is 2. The van der Waals surface area contributed by atoms with Gasteiger partial charge in [-0.15, -0.1) is 0 Å². The van der Waals surface area contributed by atoms with Crippen LogP contribution in [-0.2, 0) is 25.7 Å². The first-order valence-corrected chi connectivity index (χ1v) is 9.17. The van der Waals surface area contributed by atoms with Gasteiger partial charge in [0.25, 0.3) is 5.56 Å². The Morgan fingerprint density at radius 3 is 2.63 bits per heavy atom. The predicted molar refractivity (Wildman–Crippen MR) is 100 cm³/mol. The number of carbonyl (C=O) groups excluding carboxylic acids is 3. The van der Waals surface area contributed by atoms with Gasteiger partial charge in [-0.05, 0) is 19.1 Å². The van der Waals surface area contributed by atoms with Crippen LogP contribution in [-0.4, -0.2) is 53.3 Å². The molecular formula is C17H20N4O5S. The van der Waals surface area contributed by atoms with Crippen molar-refractivity contribution >= 4 is 40.4 Å². The number of methoxy groups -OCH3 is 1. The third-order valence-corrected chi connectivity index (χ3v) is 4.47. The Bertz CT molecular complexity index is 912. The highest BCUT2D eigenvalue weighted by atomic mass is 32.2. The molecule has 144 valence electrons. The summed E-state index contributed by atoms with van der Waals surface area (Å²) in [6, 6.07) is 6.74. The zero-order valence-corrected chi connectivity index (χ0v) is 15.8. The van der Waals surface area contributed by atoms with E-state index in [1.807, 2.05) is 0 Å². The molecule has 0 saturated carbocycles. The molecule has 0 fully saturated rings. The minimum Gasteiger partial charge on any atom is -0.468 e. The maximum atomic E-state index is 12.7. The van der Waals surface area contributed by atoms with Crippen molar-refractivity contribution in [2.24, 2.45) is 0 Å². The molecule has 0 saturated heterocycles. The van der Waals surface area contributed by atoms with Crippen LogP contribution in [0.5, 0.6) is 0 Å². The van der Waals surface area contributed by atoms with E-state index in [0.29, 0.717) is 17.4 Å². The van der Waals surface area contributed by atoms with E-state index in [9.17, 15) is 19.2 Å². The van der Waals surface area contributed by atoms with Gasteiger partial charge in [-0.25, -0.2) is 4.98 Å². The minimum atomic E-state index is -0.600. The molecule has 1 aromatic heterocycles. The molecule has 2 amide bonds. The number of benzene rings is 1. The lowest BCUT2D eigenvalue weighted by Gasteiger charge is -2.12. The highest BCUT2D eigenvalue weighted by Gasteiger charge is 2.16. The number of aromatic nitrogens is 2. The van der Waals surface area contributed by atoms with E-state index in [4.69, 9.17) is 0 Å². The van der Waals surface area contributed by atoms with E-state index in [2.05, 4.69) is 20.4 Å². The molecule has 9 nitrogen and oxygen atoms in total. The quantitative estimate of drug-likeness (QED) is 0.366. The van der Waals surface area contributed by atoms with Crippen molar-refractivity contribution in [3.05, 3.63) is 34.6 Å². The van der Waals surface area contributed by atoms with Crippen molar-refractivity contribution < 1.29 is 19.1 Å². The first-order valence-electron chi connectivity index (χ1n) is 8.18. The van der Waals surface area contributed by atoms with E-state index in [0.717, 1.165) is 11.8 Å². The van der Waals surface area contributed by atoms with Gasteiger partial charge in [-0.2, -0.15) is 0 Å². The van der Waals surface area contributed by atoms with Crippen LogP contribution in [0, 0.1) is 0 Å². The summed E-state index contributed by atoms with van der Waals surface area (Å²) in [6.07, 6.45) is 0. The summed E-state index contributed by atoms with van der Waals surface area (Å²) < 4.78 is 5.81. The zero-order chi connectivity index (χ0) is 19.8. The summed E-state index contributed by atoms with van der Waals surface area (Å²) in [5.74, 6) is -1.34. The Morgan fingerprint density at radius 1 is 1.19 bits per heavy atom. The monoisotopic (exact) mass is 392 g/mol. The van der Waals surface area contributed by atoms with Gasteiger partial charge in [-0.1, -0.05) is 23.9 Å². The second kappa shape index (κ2) is 9.72. The summed E-state index contributed by atoms with van der Waals surface area (Å²) >= 11 is 1.00. The molecule has 10 heteroatoms. The number of para-hydroxylation sites is 1. The van der Waals surface area contributed by atoms with Gasteiger partial charge in [0, 0.05) is 6.54 Å². The Labute approximate surface area is 159 Å². The van der Waals surface area contributed by atoms with E-state index < -0.39 is 17.4 Å². The van der Waals surface area contributed by atoms with Gasteiger partial charge in [0.1, 0.15) is 6.54 Å². The summed E-state index contributed by atoms with van der Waals surface area (Å²) in [5.41, 5.74) is 0.0741. The van der Waals surface area contributed by atoms with E-state index in [1.54, 1.807) is 31.2 Å². The number of fused-ring (bicyclic) bond motifs is 1. The van der Waals surface area contributed by atoms with Crippen molar-refractivity contribution in [1.29, 1.82) is 0 Å². The molecule has 2 N–H and O–H groups in total. The molecule has 0 aliphatic rings. The number of nitrogens with one attached hydrogen (secondary N) is 2. The van der Waals surface area contributed by atoms with Gasteiger partial charge in [0.05, 0.1) is 30.3 Å². The van der Waals surface area contributed by atoms with Gasteiger partial charge in [-0.3, -0.25) is 23.7 Å². The van der Waals surface area contributed by atoms with E-state index >= 15 is 0 Å². The topological polar surface area (TPSA) is 119 Å². The molecule has 0 spiro atoms. The highest BCUT2D eigenvalue weighted by Crippen LogP contribution is 2.17. The number of hydrogen-bond acceptors (Lipinski definition) is 7. The van der Waals surface area contributed by atoms with Crippen LogP contribution in [0.2, 0.25) is 0 Å². The maximum absolute atomic E-state index is 12.7. The normalized spacial score (nSPS) is 10.4. The number of likely N-dealkylation sites (N-methyl/N-ethyl adjacent to an activating group) is 1. The highest BCUT2D eigenvalue weighted by molar-refractivity contribution is 7.99. The SMILES string of the molecule is CCNC(=O)CNC(=O)CSc1nc2ccccc2c(=O)n1CC(=O)OC. The summed E-state index contributed by atoms with van der Waals surface area (Å²) in [4.78, 5) is 52.0. The minimum absolute atomic E-state index is 0.0641. The van der Waals surface area contributed by atoms with Crippen molar-refractivity contribution in [3.8, 4) is 0 Å². The second-order valence-corrected chi connectivity index (χ2v) is 6.34. The molecule has 0 unspecified atom stereocenters. The van der Waals surface area contributed by atoms with Gasteiger partial charge in [0.2, 0.25) is 11.8 Å². The number of rotatable bonds is 8. The predicted octanol–water partition coefficient (Wildman–Crippen LogP) is -0.0861. The lowest BCUT2D eigenvalue weighted by Crippen LogP contribution is -2.37. The fourth-order valence-electron chi connectivity index (χ4n) is 2.21. The molecule has 1 aromatic carbocycles. The van der Waals surface area contributed by atoms with Crippen molar-refractivity contribution in [1.82, 2.24) is 20.2 Å². The zero-order valence-electron chi connectivity index (χ0n) is 15.0. The third kappa shape index (κ3) is 5.55. The summed E-state index contributed by atoms with van der Waals surface area (Å²) in [5, 5.41) is 5.64. The lowest BCUT2D eigenvalue weighted by atomic mass is 10.2. The fourth-order valence-corrected chi connectivity index (χ4v) is 3.04. The fraction of sp³-hybridized carbons (Fsp3) is 0.353. The smallest absolute Gasteiger partial charge is 0.325 e. The molecular weight excluding hydrogens is 372 g/mol. The number of esters is 1. The standard InChI is InChI=1S/C17H20N4O5S/c1-3-18-13(22)8-19-14(23)10-27-17-20-12-7-5-4-6-11(12)16(25)21(17)9-15(24)26-2/h4-7H,3,8-10H2,1-2H3,(H,18,22)(H,19,23). The first kappa shape index (κ1) is 20.4. The van der Waals surface area contributed by atoms with Crippen LogP contribution < -0.4 is 16.2 Å². The molecule has 2 rings (SSSR count). The van der Waals surface area contributed by atoms with Crippen LogP contribution in [0.15, 0.2) is 34.2 Å². The average molecular weight is 392 g/mol. The largest absolute Gasteiger partial charge is 0.468 e. The molecule has 0 atom stereocenters. The molecule has 0 aliphatic carbocycles. The Hall–Kier alpha value is -2.88. The number of nitrogens with zero attached hydrogens (tertiary/aromatic N) is 2. The molecule has 0 bridgehead atoms. The van der Waals surface area contributed by atoms with Crippen molar-refractivity contribution in [2.75, 3.05) is 26.0 Å². The summed E-state index contributed by atoms with van der Waals surface area (Å²) in [6.45, 7) is 1.81. The van der Waals surface area contributed by atoms with Crippen LogP contribution in [0.3, 0.4) is 0 Å². The number of thioether (sulfide) groups is 1. The van der Waals surface area contributed by atoms with E-state index in [1.165, 1.54) is 11.7 Å². The summed E-state index contributed by atoms with van der Waals surface area (Å²) in [7, 11) is 1.23. The molecule has 27 heavy (non-hydrogen) atoms. The van der Waals surface area contributed by atoms with Gasteiger partial charge < -0.3 is 15.4 Å². The number of carbonyl (C=O) groups is 3. The molecule has 0 radical (unpaired) electrons. The number of ether oxygens (including phenoxy) is 1. The van der Waals surface area contributed by atoms with Crippen molar-refractivity contribution in [2.45, 2.75) is 18.6 Å². The van der Waals surface area contributed by atoms with Crippen LogP contribution >= 0.6 is 11.8 Å². The van der Waals surface area contributed by atoms with Crippen LogP contribution in [0.4, 0.5) is 0 Å². The Balaban J connectivity index is 2.19. The molecule has 1 heterocycles. The van der Waals surface area contributed by atoms with Crippen molar-refractivity contribution in [3.63, 3.8) is 0 Å². The first-order chi connectivity index (χ1) is 13.0. The van der Waals surface area contributed by atoms with Crippen LogP contribution in [0.1, 0.15) is 6.92 Å². The lowest BCUT2D eigenvalue weighted by molar-refractivity contribution is -0.141. The van der Waals surface area contributed by atoms with Gasteiger partial charge in [0.15, 0.2) is 5.16 Å². The third-order valence-electron chi connectivity index (χ3n) is 3.49. The molecule has 0 aliphatic heterocycles. The second-order valence-electron chi connectivity index (χ2n) is 5.40. The molecule has 2 aromatic rings. The van der Waals surface area contributed by atoms with Crippen LogP contribution in [0.25, 0.3) is 10.9 Å². The maximum Gasteiger partial charge on any atom is 0.325 e. The average Bonchev–Trinajstić information content (AvgIpc) is 2.67. The van der Waals surface area contributed by atoms with Gasteiger partial charge >= 0.3 is 5.97 Å². The number of amides is 2. The Kier molecular flexibility index (Phi) is 7.35. The Morgan fingerprint density at radius 2 is 1.93 bits per heavy atom. The van der Waals surface area contributed by atoms with E-state index in [-0.39, 0.29) is 29.9 Å².